The zero-order chi connectivity index (χ0) is 15.0. The van der Waals surface area contributed by atoms with Crippen molar-refractivity contribution in [2.45, 2.75) is 52.2 Å². The lowest BCUT2D eigenvalue weighted by Gasteiger charge is -2.32. The van der Waals surface area contributed by atoms with E-state index < -0.39 is 0 Å². The molecule has 114 valence electrons. The first kappa shape index (κ1) is 14.6. The Morgan fingerprint density at radius 2 is 2.29 bits per heavy atom. The molecule has 0 amide bonds. The third-order valence-corrected chi connectivity index (χ3v) is 4.86. The molecule has 0 radical (unpaired) electrons. The van der Waals surface area contributed by atoms with E-state index in [0.29, 0.717) is 6.04 Å². The molecule has 21 heavy (non-hydrogen) atoms. The van der Waals surface area contributed by atoms with E-state index in [0.717, 1.165) is 31.2 Å². The van der Waals surface area contributed by atoms with Gasteiger partial charge in [0.05, 0.1) is 11.7 Å². The van der Waals surface area contributed by atoms with Gasteiger partial charge in [0.15, 0.2) is 0 Å². The fourth-order valence-corrected chi connectivity index (χ4v) is 3.60. The average Bonchev–Trinajstić information content (AvgIpc) is 3.04. The minimum atomic E-state index is 0.0864. The Morgan fingerprint density at radius 1 is 1.48 bits per heavy atom. The van der Waals surface area contributed by atoms with Gasteiger partial charge >= 0.3 is 0 Å². The average molecular weight is 305 g/mol. The number of nitrogens with zero attached hydrogens (tertiary/aromatic N) is 2. The number of nitrogens with one attached hydrogen (secondary N) is 1. The van der Waals surface area contributed by atoms with Gasteiger partial charge in [0, 0.05) is 23.5 Å². The number of hydrogen-bond acceptors (Lipinski definition) is 5. The SMILES string of the molecule is CC1c2ccsc2CCN1c1nc(CNC(C)(C)C)co1. The second-order valence-electron chi connectivity index (χ2n) is 6.64. The van der Waals surface area contributed by atoms with Crippen LogP contribution in [0.2, 0.25) is 0 Å². The van der Waals surface area contributed by atoms with Crippen LogP contribution < -0.4 is 10.2 Å². The van der Waals surface area contributed by atoms with Gasteiger partial charge in [0.25, 0.3) is 6.01 Å². The lowest BCUT2D eigenvalue weighted by atomic mass is 10.0. The highest BCUT2D eigenvalue weighted by atomic mass is 32.1. The van der Waals surface area contributed by atoms with E-state index in [2.05, 4.69) is 54.3 Å². The van der Waals surface area contributed by atoms with Gasteiger partial charge in [-0.25, -0.2) is 0 Å². The molecule has 1 unspecified atom stereocenters. The minimum Gasteiger partial charge on any atom is -0.432 e. The van der Waals surface area contributed by atoms with Crippen molar-refractivity contribution in [1.82, 2.24) is 10.3 Å². The van der Waals surface area contributed by atoms with E-state index in [-0.39, 0.29) is 5.54 Å². The number of rotatable bonds is 3. The zero-order valence-electron chi connectivity index (χ0n) is 13.1. The highest BCUT2D eigenvalue weighted by Crippen LogP contribution is 2.35. The smallest absolute Gasteiger partial charge is 0.297 e. The largest absolute Gasteiger partial charge is 0.432 e. The Hall–Kier alpha value is -1.33. The van der Waals surface area contributed by atoms with Gasteiger partial charge in [-0.1, -0.05) is 0 Å². The van der Waals surface area contributed by atoms with E-state index in [1.807, 2.05) is 11.3 Å². The summed E-state index contributed by atoms with van der Waals surface area (Å²) in [4.78, 5) is 8.40. The molecule has 1 N–H and O–H groups in total. The summed E-state index contributed by atoms with van der Waals surface area (Å²) in [5.74, 6) is 0. The van der Waals surface area contributed by atoms with Crippen LogP contribution in [-0.4, -0.2) is 17.1 Å². The van der Waals surface area contributed by atoms with Crippen molar-refractivity contribution in [3.05, 3.63) is 33.8 Å². The van der Waals surface area contributed by atoms with Crippen molar-refractivity contribution in [2.75, 3.05) is 11.4 Å². The fourth-order valence-electron chi connectivity index (χ4n) is 2.64. The lowest BCUT2D eigenvalue weighted by molar-refractivity contribution is 0.421. The van der Waals surface area contributed by atoms with Crippen molar-refractivity contribution in [3.63, 3.8) is 0 Å². The summed E-state index contributed by atoms with van der Waals surface area (Å²) in [6.07, 6.45) is 2.85. The van der Waals surface area contributed by atoms with Crippen LogP contribution in [0.15, 0.2) is 22.1 Å². The van der Waals surface area contributed by atoms with Crippen LogP contribution in [0.25, 0.3) is 0 Å². The molecule has 1 atom stereocenters. The van der Waals surface area contributed by atoms with E-state index in [4.69, 9.17) is 4.42 Å². The van der Waals surface area contributed by atoms with E-state index in [1.165, 1.54) is 10.4 Å². The first-order valence-corrected chi connectivity index (χ1v) is 8.34. The quantitative estimate of drug-likeness (QED) is 0.937. The standard InChI is InChI=1S/C16H23N3OS/c1-11-13-6-8-21-14(13)5-7-19(11)15-18-12(10-20-15)9-17-16(2,3)4/h6,8,10-11,17H,5,7,9H2,1-4H3. The first-order chi connectivity index (χ1) is 9.94. The van der Waals surface area contributed by atoms with Crippen molar-refractivity contribution in [1.29, 1.82) is 0 Å². The molecule has 0 aromatic carbocycles. The van der Waals surface area contributed by atoms with Crippen molar-refractivity contribution in [3.8, 4) is 0 Å². The second-order valence-corrected chi connectivity index (χ2v) is 7.64. The summed E-state index contributed by atoms with van der Waals surface area (Å²) >= 11 is 1.85. The summed E-state index contributed by atoms with van der Waals surface area (Å²) in [5.41, 5.74) is 2.46. The second kappa shape index (κ2) is 5.46. The maximum atomic E-state index is 5.71. The normalized spacial score (nSPS) is 18.9. The van der Waals surface area contributed by atoms with Crippen LogP contribution >= 0.6 is 11.3 Å². The van der Waals surface area contributed by atoms with Gasteiger partial charge in [0.2, 0.25) is 0 Å². The van der Waals surface area contributed by atoms with Crippen molar-refractivity contribution < 1.29 is 4.42 Å². The summed E-state index contributed by atoms with van der Waals surface area (Å²) in [6.45, 7) is 10.4. The molecule has 0 saturated carbocycles. The fraction of sp³-hybridized carbons (Fsp3) is 0.562. The Bertz CT molecular complexity index is 611. The number of oxazole rings is 1. The molecule has 4 nitrogen and oxygen atoms in total. The number of fused-ring (bicyclic) bond motifs is 1. The van der Waals surface area contributed by atoms with Crippen LogP contribution in [0.5, 0.6) is 0 Å². The minimum absolute atomic E-state index is 0.0864. The van der Waals surface area contributed by atoms with Crippen LogP contribution in [0.4, 0.5) is 6.01 Å². The van der Waals surface area contributed by atoms with Gasteiger partial charge in [-0.3, -0.25) is 0 Å². The summed E-state index contributed by atoms with van der Waals surface area (Å²) in [7, 11) is 0. The summed E-state index contributed by atoms with van der Waals surface area (Å²) < 4.78 is 5.71. The Kier molecular flexibility index (Phi) is 3.80. The van der Waals surface area contributed by atoms with Crippen LogP contribution in [0.1, 0.15) is 49.9 Å². The van der Waals surface area contributed by atoms with Gasteiger partial charge in [-0.2, -0.15) is 4.98 Å². The number of thiophene rings is 1. The summed E-state index contributed by atoms with van der Waals surface area (Å²) in [5, 5.41) is 5.62. The topological polar surface area (TPSA) is 41.3 Å². The van der Waals surface area contributed by atoms with Crippen LogP contribution in [0.3, 0.4) is 0 Å². The highest BCUT2D eigenvalue weighted by Gasteiger charge is 2.27. The number of aromatic nitrogens is 1. The third kappa shape index (κ3) is 3.14. The Balaban J connectivity index is 1.72. The molecule has 2 aromatic rings. The van der Waals surface area contributed by atoms with Crippen LogP contribution in [0, 0.1) is 0 Å². The van der Waals surface area contributed by atoms with Gasteiger partial charge in [-0.15, -0.1) is 11.3 Å². The lowest BCUT2D eigenvalue weighted by Crippen LogP contribution is -2.35. The molecule has 0 bridgehead atoms. The zero-order valence-corrected chi connectivity index (χ0v) is 14.0. The molecule has 5 heteroatoms. The molecule has 1 aliphatic rings. The first-order valence-electron chi connectivity index (χ1n) is 7.46. The maximum absolute atomic E-state index is 5.71. The molecule has 0 fully saturated rings. The van der Waals surface area contributed by atoms with E-state index >= 15 is 0 Å². The monoisotopic (exact) mass is 305 g/mol. The highest BCUT2D eigenvalue weighted by molar-refractivity contribution is 7.10. The van der Waals surface area contributed by atoms with Crippen molar-refractivity contribution >= 4 is 17.4 Å². The van der Waals surface area contributed by atoms with Crippen LogP contribution in [-0.2, 0) is 13.0 Å². The maximum Gasteiger partial charge on any atom is 0.297 e. The predicted molar refractivity (Wildman–Crippen MR) is 86.9 cm³/mol. The molecule has 3 rings (SSSR count). The molecule has 1 aliphatic heterocycles. The van der Waals surface area contributed by atoms with Crippen molar-refractivity contribution in [2.24, 2.45) is 0 Å². The summed E-state index contributed by atoms with van der Waals surface area (Å²) in [6, 6.07) is 3.30. The number of anilines is 1. The Labute approximate surface area is 130 Å². The van der Waals surface area contributed by atoms with Gasteiger partial charge < -0.3 is 14.6 Å². The molecule has 2 aromatic heterocycles. The van der Waals surface area contributed by atoms with Gasteiger partial charge in [-0.05, 0) is 51.1 Å². The molecular formula is C16H23N3OS. The third-order valence-electron chi connectivity index (χ3n) is 3.86. The van der Waals surface area contributed by atoms with E-state index in [1.54, 1.807) is 6.26 Å². The molecule has 3 heterocycles. The predicted octanol–water partition coefficient (Wildman–Crippen LogP) is 3.75. The van der Waals surface area contributed by atoms with Gasteiger partial charge in [0.1, 0.15) is 6.26 Å². The molecule has 0 aliphatic carbocycles. The molecular weight excluding hydrogens is 282 g/mol. The number of hydrogen-bond donors (Lipinski definition) is 1. The molecule has 0 spiro atoms. The Morgan fingerprint density at radius 3 is 3.05 bits per heavy atom. The van der Waals surface area contributed by atoms with E-state index in [9.17, 15) is 0 Å². The molecule has 0 saturated heterocycles.